The highest BCUT2D eigenvalue weighted by atomic mass is 32.2. The van der Waals surface area contributed by atoms with Crippen LogP contribution < -0.4 is 5.73 Å². The summed E-state index contributed by atoms with van der Waals surface area (Å²) >= 11 is 1.55. The number of rotatable bonds is 5. The van der Waals surface area contributed by atoms with E-state index in [0.717, 1.165) is 0 Å². The Kier molecular flexibility index (Phi) is 6.13. The molecule has 1 amide bonds. The van der Waals surface area contributed by atoms with Crippen LogP contribution in [0.1, 0.15) is 6.42 Å². The SMILES string of the molecule is COC(=O)C(CCSC)OC(N)=O. The van der Waals surface area contributed by atoms with Crippen molar-refractivity contribution in [3.05, 3.63) is 0 Å². The zero-order valence-electron chi connectivity index (χ0n) is 7.61. The van der Waals surface area contributed by atoms with Crippen molar-refractivity contribution >= 4 is 23.8 Å². The molecule has 0 aliphatic heterocycles. The molecule has 0 aliphatic carbocycles. The van der Waals surface area contributed by atoms with Crippen molar-refractivity contribution in [3.8, 4) is 0 Å². The molecule has 0 aromatic rings. The van der Waals surface area contributed by atoms with Crippen molar-refractivity contribution in [3.63, 3.8) is 0 Å². The molecule has 0 saturated carbocycles. The van der Waals surface area contributed by atoms with Crippen molar-refractivity contribution in [1.82, 2.24) is 0 Å². The molecule has 0 rings (SSSR count). The van der Waals surface area contributed by atoms with E-state index in [1.54, 1.807) is 11.8 Å². The lowest BCUT2D eigenvalue weighted by Crippen LogP contribution is -2.31. The van der Waals surface area contributed by atoms with E-state index < -0.39 is 18.2 Å². The largest absolute Gasteiger partial charge is 0.466 e. The van der Waals surface area contributed by atoms with Crippen LogP contribution in [0.4, 0.5) is 4.79 Å². The van der Waals surface area contributed by atoms with Gasteiger partial charge in [0.15, 0.2) is 0 Å². The summed E-state index contributed by atoms with van der Waals surface area (Å²) in [7, 11) is 1.23. The van der Waals surface area contributed by atoms with Crippen molar-refractivity contribution in [1.29, 1.82) is 0 Å². The first-order chi connectivity index (χ1) is 6.11. The lowest BCUT2D eigenvalue weighted by atomic mass is 10.3. The molecular formula is C7H13NO4S. The van der Waals surface area contributed by atoms with Crippen LogP contribution in [0.3, 0.4) is 0 Å². The third-order valence-corrected chi connectivity index (χ3v) is 1.95. The first-order valence-corrected chi connectivity index (χ1v) is 5.04. The number of carbonyl (C=O) groups excluding carboxylic acids is 2. The molecule has 6 heteroatoms. The maximum absolute atomic E-state index is 11.0. The smallest absolute Gasteiger partial charge is 0.405 e. The third-order valence-electron chi connectivity index (χ3n) is 1.31. The molecule has 1 unspecified atom stereocenters. The first-order valence-electron chi connectivity index (χ1n) is 3.64. The summed E-state index contributed by atoms with van der Waals surface area (Å²) < 4.78 is 8.99. The van der Waals surface area contributed by atoms with Gasteiger partial charge in [0.25, 0.3) is 0 Å². The van der Waals surface area contributed by atoms with Crippen LogP contribution in [-0.4, -0.2) is 37.3 Å². The number of primary amides is 1. The number of amides is 1. The fourth-order valence-electron chi connectivity index (χ4n) is 0.721. The topological polar surface area (TPSA) is 78.6 Å². The summed E-state index contributed by atoms with van der Waals surface area (Å²) in [5.41, 5.74) is 4.78. The molecule has 0 spiro atoms. The Hall–Kier alpha value is -0.910. The summed E-state index contributed by atoms with van der Waals surface area (Å²) in [6.07, 6.45) is 0.460. The Morgan fingerprint density at radius 3 is 2.54 bits per heavy atom. The highest BCUT2D eigenvalue weighted by molar-refractivity contribution is 7.98. The predicted octanol–water partition coefficient (Wildman–Crippen LogP) is 0.376. The van der Waals surface area contributed by atoms with Crippen LogP contribution in [0.2, 0.25) is 0 Å². The monoisotopic (exact) mass is 207 g/mol. The van der Waals surface area contributed by atoms with Crippen LogP contribution in [0, 0.1) is 0 Å². The highest BCUT2D eigenvalue weighted by Gasteiger charge is 2.21. The second kappa shape index (κ2) is 6.59. The van der Waals surface area contributed by atoms with Gasteiger partial charge in [-0.1, -0.05) is 0 Å². The summed E-state index contributed by atoms with van der Waals surface area (Å²) in [5, 5.41) is 0. The Bertz CT molecular complexity index is 185. The predicted molar refractivity (Wildman–Crippen MR) is 49.5 cm³/mol. The van der Waals surface area contributed by atoms with Gasteiger partial charge in [-0.05, 0) is 12.0 Å². The number of thioether (sulfide) groups is 1. The molecule has 1 atom stereocenters. The normalized spacial score (nSPS) is 11.8. The Morgan fingerprint density at radius 1 is 1.54 bits per heavy atom. The molecule has 0 fully saturated rings. The summed E-state index contributed by atoms with van der Waals surface area (Å²) in [6.45, 7) is 0. The molecule has 76 valence electrons. The molecule has 0 aliphatic rings. The molecule has 13 heavy (non-hydrogen) atoms. The van der Waals surface area contributed by atoms with Gasteiger partial charge >= 0.3 is 12.1 Å². The van der Waals surface area contributed by atoms with Gasteiger partial charge in [-0.3, -0.25) is 0 Å². The van der Waals surface area contributed by atoms with Crippen LogP contribution in [0.25, 0.3) is 0 Å². The van der Waals surface area contributed by atoms with E-state index in [1.807, 2.05) is 6.26 Å². The van der Waals surface area contributed by atoms with E-state index >= 15 is 0 Å². The molecule has 0 radical (unpaired) electrons. The summed E-state index contributed by atoms with van der Waals surface area (Å²) in [4.78, 5) is 21.4. The molecule has 0 aromatic carbocycles. The molecular weight excluding hydrogens is 194 g/mol. The van der Waals surface area contributed by atoms with Gasteiger partial charge in [0.2, 0.25) is 6.10 Å². The van der Waals surface area contributed by atoms with Crippen molar-refractivity contribution < 1.29 is 19.1 Å². The van der Waals surface area contributed by atoms with Gasteiger partial charge < -0.3 is 15.2 Å². The minimum Gasteiger partial charge on any atom is -0.466 e. The van der Waals surface area contributed by atoms with Crippen LogP contribution in [0.15, 0.2) is 0 Å². The maximum Gasteiger partial charge on any atom is 0.405 e. The van der Waals surface area contributed by atoms with Crippen molar-refractivity contribution in [2.24, 2.45) is 5.73 Å². The van der Waals surface area contributed by atoms with Gasteiger partial charge in [0, 0.05) is 6.42 Å². The third kappa shape index (κ3) is 5.35. The fourth-order valence-corrected chi connectivity index (χ4v) is 1.17. The minimum absolute atomic E-state index is 0.413. The van der Waals surface area contributed by atoms with Gasteiger partial charge in [-0.15, -0.1) is 0 Å². The second-order valence-electron chi connectivity index (χ2n) is 2.23. The quantitative estimate of drug-likeness (QED) is 0.659. The van der Waals surface area contributed by atoms with Gasteiger partial charge in [0.05, 0.1) is 7.11 Å². The maximum atomic E-state index is 11.0. The second-order valence-corrected chi connectivity index (χ2v) is 3.22. The van der Waals surface area contributed by atoms with Gasteiger partial charge in [-0.2, -0.15) is 11.8 Å². The number of nitrogens with two attached hydrogens (primary N) is 1. The number of ether oxygens (including phenoxy) is 2. The molecule has 0 bridgehead atoms. The zero-order chi connectivity index (χ0) is 10.3. The first kappa shape index (κ1) is 12.1. The molecule has 0 aromatic heterocycles. The number of carbonyl (C=O) groups is 2. The summed E-state index contributed by atoms with van der Waals surface area (Å²) in [6, 6.07) is 0. The van der Waals surface area contributed by atoms with E-state index in [1.165, 1.54) is 7.11 Å². The average Bonchev–Trinajstić information content (AvgIpc) is 2.10. The number of hydrogen-bond donors (Lipinski definition) is 1. The molecule has 0 saturated heterocycles. The van der Waals surface area contributed by atoms with Crippen molar-refractivity contribution in [2.75, 3.05) is 19.1 Å². The van der Waals surface area contributed by atoms with Crippen LogP contribution in [0.5, 0.6) is 0 Å². The van der Waals surface area contributed by atoms with E-state index in [4.69, 9.17) is 5.73 Å². The minimum atomic E-state index is -0.962. The lowest BCUT2D eigenvalue weighted by Gasteiger charge is -2.12. The summed E-state index contributed by atoms with van der Waals surface area (Å²) in [5.74, 6) is 0.125. The van der Waals surface area contributed by atoms with Crippen LogP contribution >= 0.6 is 11.8 Å². The Labute approximate surface area is 80.9 Å². The lowest BCUT2D eigenvalue weighted by molar-refractivity contribution is -0.150. The molecule has 2 N–H and O–H groups in total. The standard InChI is InChI=1S/C7H13NO4S/c1-11-6(9)5(3-4-13-2)12-7(8)10/h5H,3-4H2,1-2H3,(H2,8,10). The van der Waals surface area contributed by atoms with Gasteiger partial charge in [0.1, 0.15) is 0 Å². The molecule has 0 heterocycles. The highest BCUT2D eigenvalue weighted by Crippen LogP contribution is 2.06. The Balaban J connectivity index is 4.02. The fraction of sp³-hybridized carbons (Fsp3) is 0.714. The van der Waals surface area contributed by atoms with Crippen LogP contribution in [-0.2, 0) is 14.3 Å². The number of esters is 1. The van der Waals surface area contributed by atoms with Crippen molar-refractivity contribution in [2.45, 2.75) is 12.5 Å². The van der Waals surface area contributed by atoms with E-state index in [2.05, 4.69) is 9.47 Å². The zero-order valence-corrected chi connectivity index (χ0v) is 8.43. The number of hydrogen-bond acceptors (Lipinski definition) is 5. The van der Waals surface area contributed by atoms with E-state index in [0.29, 0.717) is 12.2 Å². The Morgan fingerprint density at radius 2 is 2.15 bits per heavy atom. The van der Waals surface area contributed by atoms with E-state index in [-0.39, 0.29) is 0 Å². The molecule has 5 nitrogen and oxygen atoms in total. The average molecular weight is 207 g/mol. The number of methoxy groups -OCH3 is 1. The van der Waals surface area contributed by atoms with Gasteiger partial charge in [-0.25, -0.2) is 9.59 Å². The van der Waals surface area contributed by atoms with E-state index in [9.17, 15) is 9.59 Å².